The third-order valence-corrected chi connectivity index (χ3v) is 6.90. The zero-order chi connectivity index (χ0) is 21.3. The molecule has 0 bridgehead atoms. The van der Waals surface area contributed by atoms with E-state index in [0.717, 1.165) is 26.2 Å². The molecule has 1 aromatic rings. The fourth-order valence-corrected chi connectivity index (χ4v) is 5.12. The Kier molecular flexibility index (Phi) is 8.75. The van der Waals surface area contributed by atoms with Crippen LogP contribution in [-0.4, -0.2) is 57.9 Å². The van der Waals surface area contributed by atoms with Gasteiger partial charge in [0.2, 0.25) is 5.91 Å². The second kappa shape index (κ2) is 11.5. The van der Waals surface area contributed by atoms with Crippen LogP contribution in [0.1, 0.15) is 62.8 Å². The van der Waals surface area contributed by atoms with Crippen molar-refractivity contribution in [1.82, 2.24) is 19.8 Å². The van der Waals surface area contributed by atoms with Crippen LogP contribution in [0.25, 0.3) is 6.08 Å². The van der Waals surface area contributed by atoms with Crippen molar-refractivity contribution in [2.45, 2.75) is 68.9 Å². The summed E-state index contributed by atoms with van der Waals surface area (Å²) < 4.78 is 0. The molecule has 0 spiro atoms. The standard InChI is InChI=1S/C23H34N4O2S/c1-3-19-22(29)24-20(25-23(19)30-4-2)12-13-21(28)27-16-14-26(15-17-27)18-10-8-6-5-7-9-11-18/h3-4,18H,1-2,5-17H2,(H,24,25,29). The Morgan fingerprint density at radius 1 is 1.10 bits per heavy atom. The van der Waals surface area contributed by atoms with Gasteiger partial charge in [-0.3, -0.25) is 14.5 Å². The van der Waals surface area contributed by atoms with Gasteiger partial charge in [-0.2, -0.15) is 0 Å². The molecule has 3 rings (SSSR count). The van der Waals surface area contributed by atoms with E-state index in [2.05, 4.69) is 28.0 Å². The molecule has 7 heteroatoms. The van der Waals surface area contributed by atoms with Crippen LogP contribution < -0.4 is 5.56 Å². The number of nitrogens with one attached hydrogen (secondary N) is 1. The SMILES string of the molecule is C=CSc1nc(CCC(=O)N2CCN(C3CCCCCCC3)CC2)[nH]c(=O)c1C=C. The lowest BCUT2D eigenvalue weighted by atomic mass is 9.95. The average Bonchev–Trinajstić information content (AvgIpc) is 2.72. The summed E-state index contributed by atoms with van der Waals surface area (Å²) in [5.41, 5.74) is 0.222. The minimum Gasteiger partial charge on any atom is -0.340 e. The molecule has 30 heavy (non-hydrogen) atoms. The second-order valence-corrected chi connectivity index (χ2v) is 9.09. The van der Waals surface area contributed by atoms with Gasteiger partial charge >= 0.3 is 0 Å². The van der Waals surface area contributed by atoms with Crippen LogP contribution in [0.2, 0.25) is 0 Å². The summed E-state index contributed by atoms with van der Waals surface area (Å²) >= 11 is 1.29. The van der Waals surface area contributed by atoms with Crippen LogP contribution in [0.5, 0.6) is 0 Å². The number of carbonyl (C=O) groups is 1. The lowest BCUT2D eigenvalue weighted by Crippen LogP contribution is -2.52. The highest BCUT2D eigenvalue weighted by atomic mass is 32.2. The maximum atomic E-state index is 12.7. The Labute approximate surface area is 183 Å². The molecule has 1 aliphatic carbocycles. The van der Waals surface area contributed by atoms with Gasteiger partial charge in [-0.1, -0.05) is 63.1 Å². The van der Waals surface area contributed by atoms with Crippen molar-refractivity contribution in [2.75, 3.05) is 26.2 Å². The molecule has 1 saturated carbocycles. The van der Waals surface area contributed by atoms with Crippen molar-refractivity contribution in [3.05, 3.63) is 40.3 Å². The second-order valence-electron chi connectivity index (χ2n) is 8.14. The summed E-state index contributed by atoms with van der Waals surface area (Å²) in [6.45, 7) is 10.9. The molecule has 1 aromatic heterocycles. The number of aryl methyl sites for hydroxylation is 1. The number of amides is 1. The lowest BCUT2D eigenvalue weighted by molar-refractivity contribution is -0.133. The topological polar surface area (TPSA) is 69.3 Å². The number of thioether (sulfide) groups is 1. The molecule has 1 saturated heterocycles. The van der Waals surface area contributed by atoms with E-state index in [-0.39, 0.29) is 11.5 Å². The van der Waals surface area contributed by atoms with Crippen LogP contribution in [0.3, 0.4) is 0 Å². The first-order chi connectivity index (χ1) is 14.6. The highest BCUT2D eigenvalue weighted by Gasteiger charge is 2.26. The molecule has 0 atom stereocenters. The fraction of sp³-hybridized carbons (Fsp3) is 0.609. The molecule has 1 amide bonds. The van der Waals surface area contributed by atoms with E-state index in [0.29, 0.717) is 35.3 Å². The molecule has 0 unspecified atom stereocenters. The van der Waals surface area contributed by atoms with Crippen LogP contribution in [0.4, 0.5) is 0 Å². The van der Waals surface area contributed by atoms with Gasteiger partial charge in [0.1, 0.15) is 10.9 Å². The van der Waals surface area contributed by atoms with Crippen LogP contribution in [-0.2, 0) is 11.2 Å². The largest absolute Gasteiger partial charge is 0.340 e. The van der Waals surface area contributed by atoms with E-state index >= 15 is 0 Å². The molecule has 0 aromatic carbocycles. The number of aromatic nitrogens is 2. The lowest BCUT2D eigenvalue weighted by Gasteiger charge is -2.40. The minimum atomic E-state index is -0.223. The van der Waals surface area contributed by atoms with Crippen molar-refractivity contribution in [3.8, 4) is 0 Å². The number of H-pyrrole nitrogens is 1. The Morgan fingerprint density at radius 3 is 2.40 bits per heavy atom. The Morgan fingerprint density at radius 2 is 1.77 bits per heavy atom. The predicted molar refractivity (Wildman–Crippen MR) is 124 cm³/mol. The van der Waals surface area contributed by atoms with E-state index in [1.54, 1.807) is 5.41 Å². The molecule has 2 aliphatic rings. The summed E-state index contributed by atoms with van der Waals surface area (Å²) in [5, 5.41) is 2.22. The third-order valence-electron chi connectivity index (χ3n) is 6.20. The summed E-state index contributed by atoms with van der Waals surface area (Å²) in [5.74, 6) is 0.678. The summed E-state index contributed by atoms with van der Waals surface area (Å²) in [4.78, 5) is 36.8. The molecule has 0 radical (unpaired) electrons. The molecule has 164 valence electrons. The first-order valence-corrected chi connectivity index (χ1v) is 12.1. The van der Waals surface area contributed by atoms with Crippen molar-refractivity contribution in [1.29, 1.82) is 0 Å². The van der Waals surface area contributed by atoms with Gasteiger partial charge in [-0.15, -0.1) is 0 Å². The van der Waals surface area contributed by atoms with Gasteiger partial charge in [0.15, 0.2) is 0 Å². The summed E-state index contributed by atoms with van der Waals surface area (Å²) in [6, 6.07) is 0.695. The van der Waals surface area contributed by atoms with E-state index in [1.807, 2.05) is 4.90 Å². The molecule has 2 heterocycles. The Bertz CT molecular complexity index is 791. The predicted octanol–water partition coefficient (Wildman–Crippen LogP) is 3.84. The van der Waals surface area contributed by atoms with Crippen LogP contribution in [0.15, 0.2) is 28.4 Å². The number of carbonyl (C=O) groups excluding carboxylic acids is 1. The average molecular weight is 431 g/mol. The third kappa shape index (κ3) is 6.08. The number of hydrogen-bond donors (Lipinski definition) is 1. The maximum absolute atomic E-state index is 12.7. The van der Waals surface area contributed by atoms with Crippen LogP contribution >= 0.6 is 11.8 Å². The Hall–Kier alpha value is -1.86. The van der Waals surface area contributed by atoms with E-state index in [1.165, 1.54) is 62.8 Å². The van der Waals surface area contributed by atoms with Gasteiger partial charge in [0.25, 0.3) is 5.56 Å². The fourth-order valence-electron chi connectivity index (χ4n) is 4.49. The summed E-state index contributed by atoms with van der Waals surface area (Å²) in [7, 11) is 0. The van der Waals surface area contributed by atoms with E-state index in [9.17, 15) is 9.59 Å². The van der Waals surface area contributed by atoms with E-state index in [4.69, 9.17) is 0 Å². The number of aromatic amines is 1. The van der Waals surface area contributed by atoms with Crippen molar-refractivity contribution in [3.63, 3.8) is 0 Å². The van der Waals surface area contributed by atoms with Crippen molar-refractivity contribution < 1.29 is 4.79 Å². The number of rotatable bonds is 7. The number of hydrogen-bond acceptors (Lipinski definition) is 5. The molecule has 1 N–H and O–H groups in total. The van der Waals surface area contributed by atoms with Crippen molar-refractivity contribution >= 4 is 23.7 Å². The zero-order valence-corrected chi connectivity index (χ0v) is 18.7. The van der Waals surface area contributed by atoms with E-state index < -0.39 is 0 Å². The molecular weight excluding hydrogens is 396 g/mol. The highest BCUT2D eigenvalue weighted by Crippen LogP contribution is 2.23. The van der Waals surface area contributed by atoms with Gasteiger partial charge in [0.05, 0.1) is 5.56 Å². The number of piperazine rings is 1. The highest BCUT2D eigenvalue weighted by molar-refractivity contribution is 8.02. The van der Waals surface area contributed by atoms with Crippen molar-refractivity contribution in [2.24, 2.45) is 0 Å². The Balaban J connectivity index is 1.51. The molecule has 6 nitrogen and oxygen atoms in total. The van der Waals surface area contributed by atoms with Gasteiger partial charge < -0.3 is 9.88 Å². The van der Waals surface area contributed by atoms with Crippen LogP contribution in [0, 0.1) is 0 Å². The normalized spacial score (nSPS) is 19.1. The molecule has 2 fully saturated rings. The molecule has 1 aliphatic heterocycles. The quantitative estimate of drug-likeness (QED) is 0.526. The molecular formula is C23H34N4O2S. The van der Waals surface area contributed by atoms with Gasteiger partial charge in [-0.25, -0.2) is 4.98 Å². The summed E-state index contributed by atoms with van der Waals surface area (Å²) in [6.07, 6.45) is 11.7. The minimum absolute atomic E-state index is 0.140. The maximum Gasteiger partial charge on any atom is 0.259 e. The van der Waals surface area contributed by atoms with Gasteiger partial charge in [0, 0.05) is 45.1 Å². The zero-order valence-electron chi connectivity index (χ0n) is 17.9. The smallest absolute Gasteiger partial charge is 0.259 e. The first-order valence-electron chi connectivity index (χ1n) is 11.2. The first kappa shape index (κ1) is 22.8. The number of nitrogens with zero attached hydrogens (tertiary/aromatic N) is 3. The monoisotopic (exact) mass is 430 g/mol. The van der Waals surface area contributed by atoms with Gasteiger partial charge in [-0.05, 0) is 18.2 Å².